The molecule has 0 fully saturated rings. The zero-order valence-corrected chi connectivity index (χ0v) is 11.8. The van der Waals surface area contributed by atoms with E-state index in [4.69, 9.17) is 0 Å². The Balaban J connectivity index is 2.59. The van der Waals surface area contributed by atoms with Crippen LogP contribution in [-0.4, -0.2) is 5.66 Å². The average Bonchev–Trinajstić information content (AvgIpc) is 2.47. The van der Waals surface area contributed by atoms with E-state index in [9.17, 15) is 4.57 Å². The zero-order chi connectivity index (χ0) is 13.0. The molecular formula is C16H19OP. The molecule has 0 radical (unpaired) electrons. The van der Waals surface area contributed by atoms with Gasteiger partial charge in [0.25, 0.3) is 0 Å². The summed E-state index contributed by atoms with van der Waals surface area (Å²) in [4.78, 5) is 0. The van der Waals surface area contributed by atoms with Crippen LogP contribution in [0.5, 0.6) is 0 Å². The Morgan fingerprint density at radius 3 is 1.61 bits per heavy atom. The molecule has 0 saturated carbocycles. The van der Waals surface area contributed by atoms with Crippen LogP contribution in [0.2, 0.25) is 0 Å². The van der Waals surface area contributed by atoms with Crippen molar-refractivity contribution in [1.82, 2.24) is 0 Å². The fourth-order valence-corrected chi connectivity index (χ4v) is 5.27. The molecule has 1 atom stereocenters. The van der Waals surface area contributed by atoms with Gasteiger partial charge in [0, 0.05) is 16.3 Å². The first kappa shape index (κ1) is 13.1. The van der Waals surface area contributed by atoms with Crippen molar-refractivity contribution >= 4 is 17.8 Å². The second kappa shape index (κ2) is 5.54. The molecule has 0 aliphatic rings. The quantitative estimate of drug-likeness (QED) is 0.762. The van der Waals surface area contributed by atoms with Crippen molar-refractivity contribution in [3.05, 3.63) is 60.7 Å². The summed E-state index contributed by atoms with van der Waals surface area (Å²) in [5, 5.41) is 1.93. The van der Waals surface area contributed by atoms with E-state index in [1.807, 2.05) is 60.7 Å². The van der Waals surface area contributed by atoms with Crippen LogP contribution in [0, 0.1) is 0 Å². The summed E-state index contributed by atoms with van der Waals surface area (Å²) in [7, 11) is -2.52. The second-order valence-electron chi connectivity index (χ2n) is 4.59. The van der Waals surface area contributed by atoms with Crippen LogP contribution in [0.4, 0.5) is 0 Å². The number of hydrogen-bond donors (Lipinski definition) is 0. The molecule has 0 heterocycles. The van der Waals surface area contributed by atoms with E-state index >= 15 is 0 Å². The van der Waals surface area contributed by atoms with Crippen molar-refractivity contribution in [2.24, 2.45) is 0 Å². The van der Waals surface area contributed by atoms with Crippen LogP contribution in [0.15, 0.2) is 60.7 Å². The Hall–Kier alpha value is -1.33. The lowest BCUT2D eigenvalue weighted by Gasteiger charge is -2.25. The normalized spacial score (nSPS) is 13.2. The van der Waals surface area contributed by atoms with Gasteiger partial charge in [-0.1, -0.05) is 74.5 Å². The zero-order valence-electron chi connectivity index (χ0n) is 10.9. The molecule has 2 heteroatoms. The minimum absolute atomic E-state index is 0.169. The van der Waals surface area contributed by atoms with E-state index in [1.54, 1.807) is 0 Å². The number of rotatable bonds is 4. The fraction of sp³-hybridized carbons (Fsp3) is 0.250. The molecule has 0 unspecified atom stereocenters. The van der Waals surface area contributed by atoms with E-state index in [2.05, 4.69) is 13.8 Å². The van der Waals surface area contributed by atoms with Gasteiger partial charge in [-0.2, -0.15) is 0 Å². The van der Waals surface area contributed by atoms with Crippen molar-refractivity contribution < 1.29 is 4.57 Å². The Morgan fingerprint density at radius 1 is 0.889 bits per heavy atom. The molecule has 0 spiro atoms. The summed E-state index contributed by atoms with van der Waals surface area (Å²) < 4.78 is 13.5. The van der Waals surface area contributed by atoms with Crippen LogP contribution in [0.3, 0.4) is 0 Å². The molecule has 94 valence electrons. The minimum Gasteiger partial charge on any atom is -0.313 e. The van der Waals surface area contributed by atoms with E-state index in [0.717, 1.165) is 17.0 Å². The average molecular weight is 258 g/mol. The first-order valence-electron chi connectivity index (χ1n) is 6.40. The summed E-state index contributed by atoms with van der Waals surface area (Å²) in [6.07, 6.45) is 0.918. The first-order valence-corrected chi connectivity index (χ1v) is 8.18. The van der Waals surface area contributed by atoms with Gasteiger partial charge in [-0.05, 0) is 6.42 Å². The maximum absolute atomic E-state index is 13.5. The molecule has 0 N–H and O–H groups in total. The first-order chi connectivity index (χ1) is 8.69. The molecule has 2 rings (SSSR count). The summed E-state index contributed by atoms with van der Waals surface area (Å²) in [6, 6.07) is 19.7. The van der Waals surface area contributed by atoms with Gasteiger partial charge in [0.1, 0.15) is 7.14 Å². The third kappa shape index (κ3) is 2.28. The van der Waals surface area contributed by atoms with Crippen LogP contribution < -0.4 is 10.6 Å². The summed E-state index contributed by atoms with van der Waals surface area (Å²) in [6.45, 7) is 4.18. The van der Waals surface area contributed by atoms with Crippen molar-refractivity contribution in [1.29, 1.82) is 0 Å². The van der Waals surface area contributed by atoms with Crippen molar-refractivity contribution in [3.63, 3.8) is 0 Å². The van der Waals surface area contributed by atoms with Gasteiger partial charge in [-0.3, -0.25) is 0 Å². The Kier molecular flexibility index (Phi) is 4.04. The minimum atomic E-state index is -2.52. The molecular weight excluding hydrogens is 239 g/mol. The molecule has 0 amide bonds. The molecule has 0 aromatic heterocycles. The predicted octanol–water partition coefficient (Wildman–Crippen LogP) is 3.80. The van der Waals surface area contributed by atoms with Crippen LogP contribution in [0.1, 0.15) is 20.3 Å². The summed E-state index contributed by atoms with van der Waals surface area (Å²) in [5.41, 5.74) is 0.169. The van der Waals surface area contributed by atoms with Gasteiger partial charge >= 0.3 is 0 Å². The Labute approximate surface area is 109 Å². The van der Waals surface area contributed by atoms with Crippen LogP contribution in [-0.2, 0) is 4.57 Å². The second-order valence-corrected chi connectivity index (χ2v) is 7.82. The Bertz CT molecular complexity index is 490. The topological polar surface area (TPSA) is 17.1 Å². The lowest BCUT2D eigenvalue weighted by molar-refractivity contribution is 0.577. The smallest absolute Gasteiger partial charge is 0.145 e. The Morgan fingerprint density at radius 2 is 1.28 bits per heavy atom. The monoisotopic (exact) mass is 258 g/mol. The van der Waals surface area contributed by atoms with Gasteiger partial charge in [0.05, 0.1) is 0 Å². The standard InChI is InChI=1S/C16H19OP/c1-3-14(2)18(17,15-10-6-4-7-11-15)16-12-8-5-9-13-16/h4-14H,3H2,1-2H3/t14-/m0/s1. The molecule has 18 heavy (non-hydrogen) atoms. The molecule has 0 aliphatic heterocycles. The highest BCUT2D eigenvalue weighted by molar-refractivity contribution is 7.79. The van der Waals surface area contributed by atoms with Gasteiger partial charge < -0.3 is 4.57 Å². The molecule has 0 aliphatic carbocycles. The molecule has 1 nitrogen and oxygen atoms in total. The number of benzene rings is 2. The highest BCUT2D eigenvalue weighted by Gasteiger charge is 2.32. The van der Waals surface area contributed by atoms with Crippen molar-refractivity contribution in [3.8, 4) is 0 Å². The van der Waals surface area contributed by atoms with Gasteiger partial charge in [-0.15, -0.1) is 0 Å². The van der Waals surface area contributed by atoms with E-state index in [1.165, 1.54) is 0 Å². The van der Waals surface area contributed by atoms with Crippen LogP contribution >= 0.6 is 7.14 Å². The van der Waals surface area contributed by atoms with Gasteiger partial charge in [0.2, 0.25) is 0 Å². The van der Waals surface area contributed by atoms with Crippen molar-refractivity contribution in [2.45, 2.75) is 25.9 Å². The lowest BCUT2D eigenvalue weighted by Crippen LogP contribution is -2.23. The predicted molar refractivity (Wildman–Crippen MR) is 79.5 cm³/mol. The van der Waals surface area contributed by atoms with Gasteiger partial charge in [0.15, 0.2) is 0 Å². The SMILES string of the molecule is CC[C@H](C)P(=O)(c1ccccc1)c1ccccc1. The maximum atomic E-state index is 13.5. The molecule has 2 aromatic rings. The highest BCUT2D eigenvalue weighted by Crippen LogP contribution is 2.49. The third-order valence-corrected chi connectivity index (χ3v) is 7.23. The van der Waals surface area contributed by atoms with Gasteiger partial charge in [-0.25, -0.2) is 0 Å². The maximum Gasteiger partial charge on any atom is 0.145 e. The van der Waals surface area contributed by atoms with E-state index in [-0.39, 0.29) is 5.66 Å². The lowest BCUT2D eigenvalue weighted by atomic mass is 10.3. The largest absolute Gasteiger partial charge is 0.313 e. The molecule has 0 saturated heterocycles. The summed E-state index contributed by atoms with van der Waals surface area (Å²) in [5.74, 6) is 0. The highest BCUT2D eigenvalue weighted by atomic mass is 31.2. The van der Waals surface area contributed by atoms with Crippen molar-refractivity contribution in [2.75, 3.05) is 0 Å². The molecule has 2 aromatic carbocycles. The summed E-state index contributed by atoms with van der Waals surface area (Å²) >= 11 is 0. The number of hydrogen-bond acceptors (Lipinski definition) is 1. The molecule has 0 bridgehead atoms. The third-order valence-electron chi connectivity index (χ3n) is 3.49. The van der Waals surface area contributed by atoms with Crippen LogP contribution in [0.25, 0.3) is 0 Å². The van der Waals surface area contributed by atoms with E-state index in [0.29, 0.717) is 0 Å². The van der Waals surface area contributed by atoms with E-state index < -0.39 is 7.14 Å². The fourth-order valence-electron chi connectivity index (χ4n) is 2.21.